The lowest BCUT2D eigenvalue weighted by molar-refractivity contribution is 0.0955. The van der Waals surface area contributed by atoms with E-state index in [2.05, 4.69) is 75.9 Å². The van der Waals surface area contributed by atoms with Gasteiger partial charge in [0.15, 0.2) is 0 Å². The van der Waals surface area contributed by atoms with Gasteiger partial charge in [0, 0.05) is 34.8 Å². The van der Waals surface area contributed by atoms with Crippen LogP contribution in [0.25, 0.3) is 21.7 Å². The number of nitrogens with zero attached hydrogens (tertiary/aromatic N) is 2. The number of hydrogen-bond donors (Lipinski definition) is 1. The lowest BCUT2D eigenvalue weighted by Crippen LogP contribution is -2.17. The summed E-state index contributed by atoms with van der Waals surface area (Å²) in [5.74, 6) is 0.341. The van der Waals surface area contributed by atoms with Gasteiger partial charge in [0.05, 0.1) is 13.3 Å². The summed E-state index contributed by atoms with van der Waals surface area (Å²) in [4.78, 5) is 12.5. The van der Waals surface area contributed by atoms with E-state index in [-0.39, 0.29) is 5.91 Å². The Morgan fingerprint density at radius 2 is 1.70 bits per heavy atom. The fourth-order valence-electron chi connectivity index (χ4n) is 4.11. The maximum atomic E-state index is 12.5. The average Bonchev–Trinajstić information content (AvgIpc) is 3.21. The van der Waals surface area contributed by atoms with E-state index >= 15 is 0 Å². The Bertz CT molecular complexity index is 1480. The molecule has 0 aliphatic rings. The van der Waals surface area contributed by atoms with Crippen molar-refractivity contribution in [3.63, 3.8) is 0 Å². The van der Waals surface area contributed by atoms with Crippen molar-refractivity contribution < 1.29 is 9.53 Å². The van der Waals surface area contributed by atoms with Gasteiger partial charge in [-0.15, -0.1) is 0 Å². The monoisotopic (exact) mass is 433 g/mol. The quantitative estimate of drug-likeness (QED) is 0.279. The van der Waals surface area contributed by atoms with Crippen molar-refractivity contribution >= 4 is 33.8 Å². The van der Waals surface area contributed by atoms with Gasteiger partial charge in [0.25, 0.3) is 5.91 Å². The number of ether oxygens (including phenoxy) is 1. The Kier molecular flexibility index (Phi) is 5.60. The van der Waals surface area contributed by atoms with Crippen molar-refractivity contribution in [1.82, 2.24) is 9.99 Å². The molecule has 0 unspecified atom stereocenters. The number of carbonyl (C=O) groups is 1. The van der Waals surface area contributed by atoms with Crippen LogP contribution in [-0.4, -0.2) is 23.8 Å². The fourth-order valence-corrected chi connectivity index (χ4v) is 4.11. The molecule has 0 fully saturated rings. The number of nitrogens with one attached hydrogen (secondary N) is 1. The van der Waals surface area contributed by atoms with E-state index in [1.165, 1.54) is 16.3 Å². The van der Waals surface area contributed by atoms with E-state index < -0.39 is 0 Å². The molecule has 0 aliphatic heterocycles. The van der Waals surface area contributed by atoms with E-state index in [1.54, 1.807) is 37.6 Å². The van der Waals surface area contributed by atoms with Gasteiger partial charge in [-0.1, -0.05) is 66.7 Å². The molecule has 0 saturated carbocycles. The Hall–Kier alpha value is -4.38. The Morgan fingerprint density at radius 3 is 2.58 bits per heavy atom. The molecule has 0 aliphatic carbocycles. The van der Waals surface area contributed by atoms with E-state index in [4.69, 9.17) is 4.74 Å². The molecular formula is C28H23N3O2. The van der Waals surface area contributed by atoms with Crippen LogP contribution in [0, 0.1) is 0 Å². The summed E-state index contributed by atoms with van der Waals surface area (Å²) in [5, 5.41) is 7.77. The van der Waals surface area contributed by atoms with Crippen molar-refractivity contribution in [2.75, 3.05) is 7.11 Å². The van der Waals surface area contributed by atoms with Crippen LogP contribution in [0.5, 0.6) is 5.75 Å². The molecule has 0 bridgehead atoms. The van der Waals surface area contributed by atoms with Crippen molar-refractivity contribution in [3.05, 3.63) is 114 Å². The number of hydrazone groups is 1. The third-order valence-electron chi connectivity index (χ3n) is 5.74. The number of amides is 1. The molecule has 5 nitrogen and oxygen atoms in total. The number of benzene rings is 4. The third-order valence-corrected chi connectivity index (χ3v) is 5.74. The van der Waals surface area contributed by atoms with Crippen LogP contribution in [0.15, 0.2) is 102 Å². The van der Waals surface area contributed by atoms with Crippen LogP contribution >= 0.6 is 0 Å². The first kappa shape index (κ1) is 20.5. The summed E-state index contributed by atoms with van der Waals surface area (Å²) in [6.45, 7) is 0.742. The highest BCUT2D eigenvalue weighted by molar-refractivity contribution is 6.00. The second-order valence-electron chi connectivity index (χ2n) is 7.80. The highest BCUT2D eigenvalue weighted by atomic mass is 16.5. The highest BCUT2D eigenvalue weighted by Crippen LogP contribution is 2.24. The zero-order valence-corrected chi connectivity index (χ0v) is 18.2. The number of para-hydroxylation sites is 1. The SMILES string of the molecule is COc1cccc(C(=O)N/N=C\c2cn(Cc3cccc4ccccc34)c3ccccc23)c1. The van der Waals surface area contributed by atoms with Crippen LogP contribution in [0.4, 0.5) is 0 Å². The van der Waals surface area contributed by atoms with Gasteiger partial charge in [-0.2, -0.15) is 5.10 Å². The smallest absolute Gasteiger partial charge is 0.271 e. The Balaban J connectivity index is 1.42. The number of fused-ring (bicyclic) bond motifs is 2. The molecular weight excluding hydrogens is 410 g/mol. The second kappa shape index (κ2) is 9.01. The molecule has 0 radical (unpaired) electrons. The molecule has 1 aromatic heterocycles. The number of hydrogen-bond acceptors (Lipinski definition) is 3. The number of aromatic nitrogens is 1. The van der Waals surface area contributed by atoms with Crippen LogP contribution in [0.1, 0.15) is 21.5 Å². The van der Waals surface area contributed by atoms with Gasteiger partial charge in [0.2, 0.25) is 0 Å². The normalized spacial score (nSPS) is 11.3. The van der Waals surface area contributed by atoms with E-state index in [0.717, 1.165) is 23.0 Å². The first-order valence-corrected chi connectivity index (χ1v) is 10.7. The standard InChI is InChI=1S/C28H23N3O2/c1-33-24-12-7-10-21(16-24)28(32)30-29-17-23-19-31(27-15-5-4-14-26(23)27)18-22-11-6-9-20-8-2-3-13-25(20)22/h2-17,19H,18H2,1H3,(H,30,32)/b29-17-. The Labute approximate surface area is 191 Å². The van der Waals surface area contributed by atoms with E-state index in [0.29, 0.717) is 11.3 Å². The fraction of sp³-hybridized carbons (Fsp3) is 0.0714. The summed E-state index contributed by atoms with van der Waals surface area (Å²) in [7, 11) is 1.57. The molecule has 0 atom stereocenters. The molecule has 5 rings (SSSR count). The second-order valence-corrected chi connectivity index (χ2v) is 7.80. The minimum atomic E-state index is -0.287. The minimum absolute atomic E-state index is 0.287. The van der Waals surface area contributed by atoms with Gasteiger partial charge in [-0.25, -0.2) is 5.43 Å². The molecule has 1 heterocycles. The number of carbonyl (C=O) groups excluding carboxylic acids is 1. The summed E-state index contributed by atoms with van der Waals surface area (Å²) in [6, 6.07) is 30.0. The molecule has 5 heteroatoms. The maximum absolute atomic E-state index is 12.5. The first-order chi connectivity index (χ1) is 16.2. The summed E-state index contributed by atoms with van der Waals surface area (Å²) >= 11 is 0. The first-order valence-electron chi connectivity index (χ1n) is 10.7. The highest BCUT2D eigenvalue weighted by Gasteiger charge is 2.10. The van der Waals surface area contributed by atoms with Crippen molar-refractivity contribution in [2.24, 2.45) is 5.10 Å². The van der Waals surface area contributed by atoms with E-state index in [1.807, 2.05) is 12.1 Å². The molecule has 1 N–H and O–H groups in total. The van der Waals surface area contributed by atoms with Crippen LogP contribution in [0.3, 0.4) is 0 Å². The maximum Gasteiger partial charge on any atom is 0.271 e. The molecule has 5 aromatic rings. The van der Waals surface area contributed by atoms with Crippen molar-refractivity contribution in [3.8, 4) is 5.75 Å². The topological polar surface area (TPSA) is 55.6 Å². The molecule has 0 saturated heterocycles. The lowest BCUT2D eigenvalue weighted by Gasteiger charge is -2.09. The average molecular weight is 434 g/mol. The van der Waals surface area contributed by atoms with Gasteiger partial charge in [-0.05, 0) is 40.6 Å². The molecule has 1 amide bonds. The number of rotatable bonds is 6. The van der Waals surface area contributed by atoms with E-state index in [9.17, 15) is 4.79 Å². The molecule has 33 heavy (non-hydrogen) atoms. The summed E-state index contributed by atoms with van der Waals surface area (Å²) in [6.07, 6.45) is 3.77. The number of methoxy groups -OCH3 is 1. The molecule has 0 spiro atoms. The summed E-state index contributed by atoms with van der Waals surface area (Å²) in [5.41, 5.74) is 6.41. The van der Waals surface area contributed by atoms with Gasteiger partial charge in [0.1, 0.15) is 5.75 Å². The van der Waals surface area contributed by atoms with Gasteiger partial charge < -0.3 is 9.30 Å². The largest absolute Gasteiger partial charge is 0.497 e. The summed E-state index contributed by atoms with van der Waals surface area (Å²) < 4.78 is 7.41. The predicted octanol–water partition coefficient (Wildman–Crippen LogP) is 5.62. The third kappa shape index (κ3) is 4.21. The minimum Gasteiger partial charge on any atom is -0.497 e. The molecule has 162 valence electrons. The Morgan fingerprint density at radius 1 is 0.939 bits per heavy atom. The van der Waals surface area contributed by atoms with Crippen LogP contribution < -0.4 is 10.2 Å². The zero-order valence-electron chi connectivity index (χ0n) is 18.2. The lowest BCUT2D eigenvalue weighted by atomic mass is 10.0. The van der Waals surface area contributed by atoms with Crippen LogP contribution in [0.2, 0.25) is 0 Å². The molecule has 4 aromatic carbocycles. The van der Waals surface area contributed by atoms with Gasteiger partial charge in [-0.3, -0.25) is 4.79 Å². The van der Waals surface area contributed by atoms with Gasteiger partial charge >= 0.3 is 0 Å². The van der Waals surface area contributed by atoms with Crippen LogP contribution in [-0.2, 0) is 6.54 Å². The van der Waals surface area contributed by atoms with Crippen molar-refractivity contribution in [2.45, 2.75) is 6.54 Å². The predicted molar refractivity (Wildman–Crippen MR) is 133 cm³/mol. The van der Waals surface area contributed by atoms with Crippen molar-refractivity contribution in [1.29, 1.82) is 0 Å². The zero-order chi connectivity index (χ0) is 22.6.